The predicted octanol–water partition coefficient (Wildman–Crippen LogP) is 2.58. The summed E-state index contributed by atoms with van der Waals surface area (Å²) in [6.07, 6.45) is 9.11. The molecule has 0 bridgehead atoms. The number of aromatic nitrogens is 1. The van der Waals surface area contributed by atoms with Crippen LogP contribution in [0.3, 0.4) is 0 Å². The standard InChI is InChI=1S/C15H22N2O2/c18-15(14-13(7-9-16-14)11-4-5-11)17-8-6-12-3-1-2-10-19-12/h7,9,11-12,16H,1-6,8,10H2,(H,17,18). The molecule has 2 heterocycles. The molecular weight excluding hydrogens is 240 g/mol. The topological polar surface area (TPSA) is 54.1 Å². The van der Waals surface area contributed by atoms with Crippen molar-refractivity contribution in [3.8, 4) is 0 Å². The zero-order chi connectivity index (χ0) is 13.1. The summed E-state index contributed by atoms with van der Waals surface area (Å²) in [6.45, 7) is 1.58. The Hall–Kier alpha value is -1.29. The molecule has 0 aromatic carbocycles. The zero-order valence-corrected chi connectivity index (χ0v) is 11.3. The first-order valence-corrected chi connectivity index (χ1v) is 7.41. The van der Waals surface area contributed by atoms with Crippen LogP contribution in [-0.2, 0) is 4.74 Å². The highest BCUT2D eigenvalue weighted by Gasteiger charge is 2.28. The van der Waals surface area contributed by atoms with E-state index in [2.05, 4.69) is 10.3 Å². The molecule has 1 aromatic heterocycles. The van der Waals surface area contributed by atoms with Gasteiger partial charge in [-0.25, -0.2) is 0 Å². The quantitative estimate of drug-likeness (QED) is 0.857. The summed E-state index contributed by atoms with van der Waals surface area (Å²) >= 11 is 0. The molecule has 1 unspecified atom stereocenters. The number of aromatic amines is 1. The van der Waals surface area contributed by atoms with Crippen molar-refractivity contribution in [1.82, 2.24) is 10.3 Å². The van der Waals surface area contributed by atoms with E-state index in [0.717, 1.165) is 25.1 Å². The SMILES string of the molecule is O=C(NCCC1CCCCO1)c1[nH]ccc1C1CC1. The monoisotopic (exact) mass is 262 g/mol. The number of hydrogen-bond acceptors (Lipinski definition) is 2. The minimum absolute atomic E-state index is 0.0303. The van der Waals surface area contributed by atoms with Crippen LogP contribution in [-0.4, -0.2) is 30.1 Å². The number of amides is 1. The highest BCUT2D eigenvalue weighted by molar-refractivity contribution is 5.94. The third-order valence-corrected chi connectivity index (χ3v) is 4.05. The van der Waals surface area contributed by atoms with E-state index in [0.29, 0.717) is 18.6 Å². The van der Waals surface area contributed by atoms with Crippen molar-refractivity contribution in [3.05, 3.63) is 23.5 Å². The van der Waals surface area contributed by atoms with E-state index in [1.54, 1.807) is 0 Å². The van der Waals surface area contributed by atoms with Crippen LogP contribution in [0.1, 0.15) is 60.5 Å². The fourth-order valence-electron chi connectivity index (χ4n) is 2.78. The Morgan fingerprint density at radius 3 is 3.00 bits per heavy atom. The molecule has 1 aromatic rings. The minimum Gasteiger partial charge on any atom is -0.378 e. The molecule has 3 rings (SSSR count). The van der Waals surface area contributed by atoms with Crippen LogP contribution >= 0.6 is 0 Å². The molecular formula is C15H22N2O2. The highest BCUT2D eigenvalue weighted by atomic mass is 16.5. The number of carbonyl (C=O) groups is 1. The Bertz CT molecular complexity index is 431. The van der Waals surface area contributed by atoms with Gasteiger partial charge in [0.05, 0.1) is 6.10 Å². The molecule has 4 heteroatoms. The largest absolute Gasteiger partial charge is 0.378 e. The summed E-state index contributed by atoms with van der Waals surface area (Å²) in [7, 11) is 0. The first kappa shape index (κ1) is 12.7. The van der Waals surface area contributed by atoms with Gasteiger partial charge in [-0.2, -0.15) is 0 Å². The summed E-state index contributed by atoms with van der Waals surface area (Å²) in [5.74, 6) is 0.636. The van der Waals surface area contributed by atoms with Crippen molar-refractivity contribution in [2.45, 2.75) is 50.5 Å². The Morgan fingerprint density at radius 2 is 2.26 bits per heavy atom. The molecule has 0 spiro atoms. The summed E-state index contributed by atoms with van der Waals surface area (Å²) < 4.78 is 5.66. The van der Waals surface area contributed by atoms with Crippen molar-refractivity contribution in [2.75, 3.05) is 13.2 Å². The highest BCUT2D eigenvalue weighted by Crippen LogP contribution is 2.41. The molecule has 1 amide bonds. The van der Waals surface area contributed by atoms with Gasteiger partial charge in [-0.1, -0.05) is 0 Å². The van der Waals surface area contributed by atoms with Crippen LogP contribution in [0.4, 0.5) is 0 Å². The first-order valence-electron chi connectivity index (χ1n) is 7.41. The summed E-state index contributed by atoms with van der Waals surface area (Å²) in [6, 6.07) is 2.04. The van der Waals surface area contributed by atoms with Gasteiger partial charge in [-0.3, -0.25) is 4.79 Å². The average molecular weight is 262 g/mol. The third-order valence-electron chi connectivity index (χ3n) is 4.05. The lowest BCUT2D eigenvalue weighted by Gasteiger charge is -2.22. The normalized spacial score (nSPS) is 23.3. The van der Waals surface area contributed by atoms with Crippen molar-refractivity contribution in [2.24, 2.45) is 0 Å². The molecule has 19 heavy (non-hydrogen) atoms. The number of ether oxygens (including phenoxy) is 1. The van der Waals surface area contributed by atoms with E-state index in [1.165, 1.54) is 31.2 Å². The van der Waals surface area contributed by atoms with Crippen molar-refractivity contribution >= 4 is 5.91 Å². The maximum atomic E-state index is 12.1. The molecule has 0 radical (unpaired) electrons. The molecule has 4 nitrogen and oxygen atoms in total. The smallest absolute Gasteiger partial charge is 0.267 e. The zero-order valence-electron chi connectivity index (χ0n) is 11.3. The molecule has 1 atom stereocenters. The van der Waals surface area contributed by atoms with Crippen LogP contribution in [0.5, 0.6) is 0 Å². The van der Waals surface area contributed by atoms with Gasteiger partial charge in [0.15, 0.2) is 0 Å². The number of rotatable bonds is 5. The molecule has 1 aliphatic heterocycles. The molecule has 1 saturated heterocycles. The van der Waals surface area contributed by atoms with Gasteiger partial charge in [0, 0.05) is 19.3 Å². The summed E-state index contributed by atoms with van der Waals surface area (Å²) in [5.41, 5.74) is 1.94. The Balaban J connectivity index is 1.46. The van der Waals surface area contributed by atoms with E-state index >= 15 is 0 Å². The summed E-state index contributed by atoms with van der Waals surface area (Å²) in [4.78, 5) is 15.2. The molecule has 2 aliphatic rings. The fraction of sp³-hybridized carbons (Fsp3) is 0.667. The van der Waals surface area contributed by atoms with E-state index in [9.17, 15) is 4.79 Å². The third kappa shape index (κ3) is 3.18. The van der Waals surface area contributed by atoms with Gasteiger partial charge in [-0.15, -0.1) is 0 Å². The maximum absolute atomic E-state index is 12.1. The summed E-state index contributed by atoms with van der Waals surface area (Å²) in [5, 5.41) is 3.01. The fourth-order valence-corrected chi connectivity index (χ4v) is 2.78. The molecule has 1 saturated carbocycles. The molecule has 2 N–H and O–H groups in total. The van der Waals surface area contributed by atoms with Crippen LogP contribution in [0.2, 0.25) is 0 Å². The second-order valence-electron chi connectivity index (χ2n) is 5.62. The Kier molecular flexibility index (Phi) is 3.87. The van der Waals surface area contributed by atoms with Gasteiger partial charge >= 0.3 is 0 Å². The Morgan fingerprint density at radius 1 is 1.37 bits per heavy atom. The molecule has 2 fully saturated rings. The van der Waals surface area contributed by atoms with E-state index in [-0.39, 0.29) is 5.91 Å². The van der Waals surface area contributed by atoms with E-state index in [4.69, 9.17) is 4.74 Å². The average Bonchev–Trinajstić information content (AvgIpc) is 3.17. The van der Waals surface area contributed by atoms with Crippen molar-refractivity contribution in [1.29, 1.82) is 0 Å². The lowest BCUT2D eigenvalue weighted by atomic mass is 10.1. The van der Waals surface area contributed by atoms with E-state index in [1.807, 2.05) is 12.3 Å². The van der Waals surface area contributed by atoms with Crippen LogP contribution in [0, 0.1) is 0 Å². The van der Waals surface area contributed by atoms with Gasteiger partial charge < -0.3 is 15.0 Å². The number of hydrogen-bond donors (Lipinski definition) is 2. The second kappa shape index (κ2) is 5.78. The molecule has 1 aliphatic carbocycles. The first-order chi connectivity index (χ1) is 9.34. The Labute approximate surface area is 113 Å². The predicted molar refractivity (Wildman–Crippen MR) is 73.3 cm³/mol. The van der Waals surface area contributed by atoms with Gasteiger partial charge in [0.2, 0.25) is 0 Å². The number of H-pyrrole nitrogens is 1. The number of carbonyl (C=O) groups excluding carboxylic acids is 1. The van der Waals surface area contributed by atoms with Gasteiger partial charge in [0.1, 0.15) is 5.69 Å². The lowest BCUT2D eigenvalue weighted by Crippen LogP contribution is -2.30. The van der Waals surface area contributed by atoms with Crippen molar-refractivity contribution < 1.29 is 9.53 Å². The van der Waals surface area contributed by atoms with Crippen LogP contribution in [0.25, 0.3) is 0 Å². The van der Waals surface area contributed by atoms with Gasteiger partial charge in [0.25, 0.3) is 5.91 Å². The number of nitrogens with one attached hydrogen (secondary N) is 2. The van der Waals surface area contributed by atoms with Gasteiger partial charge in [-0.05, 0) is 56.1 Å². The van der Waals surface area contributed by atoms with Crippen LogP contribution < -0.4 is 5.32 Å². The molecule has 104 valence electrons. The van der Waals surface area contributed by atoms with Crippen LogP contribution in [0.15, 0.2) is 12.3 Å². The maximum Gasteiger partial charge on any atom is 0.267 e. The minimum atomic E-state index is 0.0303. The van der Waals surface area contributed by atoms with E-state index < -0.39 is 0 Å². The van der Waals surface area contributed by atoms with Crippen molar-refractivity contribution in [3.63, 3.8) is 0 Å². The second-order valence-corrected chi connectivity index (χ2v) is 5.62. The lowest BCUT2D eigenvalue weighted by molar-refractivity contribution is 0.0117.